The molecule has 1 aliphatic rings. The minimum Gasteiger partial charge on any atom is -0.454 e. The van der Waals surface area contributed by atoms with Gasteiger partial charge in [0.25, 0.3) is 5.91 Å². The second-order valence-corrected chi connectivity index (χ2v) is 8.12. The van der Waals surface area contributed by atoms with Crippen molar-refractivity contribution in [3.63, 3.8) is 0 Å². The van der Waals surface area contributed by atoms with Crippen molar-refractivity contribution in [2.24, 2.45) is 0 Å². The van der Waals surface area contributed by atoms with Crippen LogP contribution in [-0.4, -0.2) is 27.7 Å². The fourth-order valence-electron chi connectivity index (χ4n) is 4.16. The first-order valence-electron chi connectivity index (χ1n) is 11.3. The van der Waals surface area contributed by atoms with Crippen molar-refractivity contribution in [3.8, 4) is 11.5 Å². The average Bonchev–Trinajstić information content (AvgIpc) is 3.43. The molecule has 2 amide bonds. The van der Waals surface area contributed by atoms with E-state index in [4.69, 9.17) is 9.47 Å². The second kappa shape index (κ2) is 9.38. The van der Waals surface area contributed by atoms with Gasteiger partial charge < -0.3 is 20.1 Å². The summed E-state index contributed by atoms with van der Waals surface area (Å²) < 4.78 is 13.8. The number of fused-ring (bicyclic) bond motifs is 2. The number of hydrogen-bond donors (Lipinski definition) is 2. The molecular formula is C26H24N4O5. The number of imidazole rings is 1. The van der Waals surface area contributed by atoms with Crippen molar-refractivity contribution in [1.82, 2.24) is 9.13 Å². The Kier molecular flexibility index (Phi) is 5.97. The van der Waals surface area contributed by atoms with Gasteiger partial charge in [0.05, 0.1) is 22.3 Å². The van der Waals surface area contributed by atoms with Gasteiger partial charge in [-0.2, -0.15) is 0 Å². The highest BCUT2D eigenvalue weighted by Gasteiger charge is 2.19. The molecule has 0 atom stereocenters. The third kappa shape index (κ3) is 4.35. The van der Waals surface area contributed by atoms with Gasteiger partial charge in [0, 0.05) is 18.3 Å². The number of hydrogen-bond acceptors (Lipinski definition) is 5. The van der Waals surface area contributed by atoms with Crippen LogP contribution in [0.15, 0.2) is 71.5 Å². The molecule has 0 bridgehead atoms. The number of nitrogens with one attached hydrogen (secondary N) is 2. The molecule has 35 heavy (non-hydrogen) atoms. The van der Waals surface area contributed by atoms with Crippen LogP contribution in [0.1, 0.15) is 23.7 Å². The zero-order valence-corrected chi connectivity index (χ0v) is 19.1. The lowest BCUT2D eigenvalue weighted by Crippen LogP contribution is -2.30. The third-order valence-electron chi connectivity index (χ3n) is 5.75. The van der Waals surface area contributed by atoms with E-state index in [1.807, 2.05) is 31.2 Å². The quantitative estimate of drug-likeness (QED) is 0.426. The van der Waals surface area contributed by atoms with Gasteiger partial charge >= 0.3 is 5.69 Å². The summed E-state index contributed by atoms with van der Waals surface area (Å²) >= 11 is 0. The molecule has 1 aromatic heterocycles. The van der Waals surface area contributed by atoms with Crippen LogP contribution in [0.25, 0.3) is 11.0 Å². The van der Waals surface area contributed by atoms with Crippen molar-refractivity contribution in [1.29, 1.82) is 0 Å². The maximum absolute atomic E-state index is 13.0. The number of benzene rings is 3. The molecule has 0 saturated heterocycles. The predicted molar refractivity (Wildman–Crippen MR) is 132 cm³/mol. The van der Waals surface area contributed by atoms with Gasteiger partial charge in [0.1, 0.15) is 6.54 Å². The van der Waals surface area contributed by atoms with Crippen molar-refractivity contribution >= 4 is 34.2 Å². The van der Waals surface area contributed by atoms with Crippen molar-refractivity contribution in [2.45, 2.75) is 26.4 Å². The van der Waals surface area contributed by atoms with E-state index in [9.17, 15) is 14.4 Å². The van der Waals surface area contributed by atoms with E-state index in [0.29, 0.717) is 40.5 Å². The second-order valence-electron chi connectivity index (χ2n) is 8.12. The minimum absolute atomic E-state index is 0.141. The molecule has 178 valence electrons. The standard InChI is InChI=1S/C26H24N4O5/c1-2-13-29-20-9-5-6-10-21(20)30(26(29)33)15-24(31)28-19-8-4-3-7-18(19)25(32)27-17-11-12-22-23(14-17)35-16-34-22/h3-12,14H,2,13,15-16H2,1H3,(H,27,32)(H,28,31). The summed E-state index contributed by atoms with van der Waals surface area (Å²) in [6.07, 6.45) is 0.798. The molecule has 4 aromatic rings. The Bertz CT molecular complexity index is 1490. The molecular weight excluding hydrogens is 448 g/mol. The zero-order chi connectivity index (χ0) is 24.4. The zero-order valence-electron chi connectivity index (χ0n) is 19.1. The van der Waals surface area contributed by atoms with Gasteiger partial charge in [-0.3, -0.25) is 18.7 Å². The maximum atomic E-state index is 13.0. The summed E-state index contributed by atoms with van der Waals surface area (Å²) in [6.45, 7) is 2.53. The molecule has 0 aliphatic carbocycles. The first-order valence-corrected chi connectivity index (χ1v) is 11.3. The van der Waals surface area contributed by atoms with Gasteiger partial charge in [0.15, 0.2) is 11.5 Å². The molecule has 0 fully saturated rings. The number of ether oxygens (including phenoxy) is 2. The lowest BCUT2D eigenvalue weighted by Gasteiger charge is -2.12. The third-order valence-corrected chi connectivity index (χ3v) is 5.75. The highest BCUT2D eigenvalue weighted by molar-refractivity contribution is 6.10. The van der Waals surface area contributed by atoms with Gasteiger partial charge in [0.2, 0.25) is 12.7 Å². The van der Waals surface area contributed by atoms with E-state index >= 15 is 0 Å². The summed E-state index contributed by atoms with van der Waals surface area (Å²) in [5, 5.41) is 5.60. The van der Waals surface area contributed by atoms with Crippen LogP contribution in [0.5, 0.6) is 11.5 Å². The molecule has 3 aromatic carbocycles. The summed E-state index contributed by atoms with van der Waals surface area (Å²) in [5.74, 6) is 0.370. The number of aromatic nitrogens is 2. The predicted octanol–water partition coefficient (Wildman–Crippen LogP) is 3.83. The van der Waals surface area contributed by atoms with Crippen LogP contribution in [0, 0.1) is 0 Å². The molecule has 5 rings (SSSR count). The highest BCUT2D eigenvalue weighted by Crippen LogP contribution is 2.34. The first-order chi connectivity index (χ1) is 17.0. The fourth-order valence-corrected chi connectivity index (χ4v) is 4.16. The molecule has 0 unspecified atom stereocenters. The number of anilines is 2. The van der Waals surface area contributed by atoms with Crippen LogP contribution in [0.4, 0.5) is 11.4 Å². The number of aryl methyl sites for hydroxylation is 1. The van der Waals surface area contributed by atoms with Gasteiger partial charge in [-0.25, -0.2) is 4.79 Å². The Morgan fingerprint density at radius 3 is 2.40 bits per heavy atom. The SMILES string of the molecule is CCCn1c(=O)n(CC(=O)Nc2ccccc2C(=O)Nc2ccc3c(c2)OCO3)c2ccccc21. The fraction of sp³-hybridized carbons (Fsp3) is 0.192. The van der Waals surface area contributed by atoms with Crippen LogP contribution < -0.4 is 25.8 Å². The Morgan fingerprint density at radius 1 is 0.886 bits per heavy atom. The van der Waals surface area contributed by atoms with E-state index in [0.717, 1.165) is 11.9 Å². The largest absolute Gasteiger partial charge is 0.454 e. The first kappa shape index (κ1) is 22.3. The van der Waals surface area contributed by atoms with Gasteiger partial charge in [-0.05, 0) is 42.8 Å². The Morgan fingerprint density at radius 2 is 1.60 bits per heavy atom. The van der Waals surface area contributed by atoms with Crippen molar-refractivity contribution in [3.05, 3.63) is 82.8 Å². The van der Waals surface area contributed by atoms with Crippen LogP contribution in [0.2, 0.25) is 0 Å². The molecule has 9 nitrogen and oxygen atoms in total. The molecule has 0 radical (unpaired) electrons. The van der Waals surface area contributed by atoms with Gasteiger partial charge in [-0.1, -0.05) is 31.2 Å². The smallest absolute Gasteiger partial charge is 0.329 e. The molecule has 0 spiro atoms. The van der Waals surface area contributed by atoms with E-state index in [-0.39, 0.29) is 19.0 Å². The highest BCUT2D eigenvalue weighted by atomic mass is 16.7. The molecule has 1 aliphatic heterocycles. The molecule has 2 N–H and O–H groups in total. The number of nitrogens with zero attached hydrogens (tertiary/aromatic N) is 2. The summed E-state index contributed by atoms with van der Waals surface area (Å²) in [5.41, 5.74) is 2.42. The number of carbonyl (C=O) groups is 2. The Labute approximate surface area is 200 Å². The monoisotopic (exact) mass is 472 g/mol. The number of rotatable bonds is 7. The van der Waals surface area contributed by atoms with Crippen LogP contribution in [0.3, 0.4) is 0 Å². The number of para-hydroxylation sites is 3. The normalized spacial score (nSPS) is 12.0. The average molecular weight is 473 g/mol. The lowest BCUT2D eigenvalue weighted by atomic mass is 10.1. The van der Waals surface area contributed by atoms with Crippen LogP contribution in [-0.2, 0) is 17.9 Å². The minimum atomic E-state index is -0.408. The van der Waals surface area contributed by atoms with Gasteiger partial charge in [-0.15, -0.1) is 0 Å². The topological polar surface area (TPSA) is 104 Å². The van der Waals surface area contributed by atoms with Crippen LogP contribution >= 0.6 is 0 Å². The summed E-state index contributed by atoms with van der Waals surface area (Å²) in [4.78, 5) is 38.9. The molecule has 0 saturated carbocycles. The Balaban J connectivity index is 1.35. The molecule has 2 heterocycles. The summed E-state index contributed by atoms with van der Waals surface area (Å²) in [7, 11) is 0. The van der Waals surface area contributed by atoms with E-state index < -0.39 is 11.8 Å². The van der Waals surface area contributed by atoms with E-state index in [1.165, 1.54) is 4.57 Å². The van der Waals surface area contributed by atoms with Crippen molar-refractivity contribution in [2.75, 3.05) is 17.4 Å². The van der Waals surface area contributed by atoms with E-state index in [1.54, 1.807) is 47.0 Å². The number of amides is 2. The number of carbonyl (C=O) groups excluding carboxylic acids is 2. The van der Waals surface area contributed by atoms with Crippen molar-refractivity contribution < 1.29 is 19.1 Å². The summed E-state index contributed by atoms with van der Waals surface area (Å²) in [6, 6.07) is 19.2. The Hall–Kier alpha value is -4.53. The molecule has 9 heteroatoms. The maximum Gasteiger partial charge on any atom is 0.329 e. The lowest BCUT2D eigenvalue weighted by molar-refractivity contribution is -0.116. The van der Waals surface area contributed by atoms with E-state index in [2.05, 4.69) is 10.6 Å².